The number of para-hydroxylation sites is 1. The van der Waals surface area contributed by atoms with Crippen LogP contribution in [0.1, 0.15) is 29.6 Å². The molecule has 1 fully saturated rings. The maximum absolute atomic E-state index is 12.4. The molecule has 0 aromatic heterocycles. The summed E-state index contributed by atoms with van der Waals surface area (Å²) in [6.07, 6.45) is 2.35. The van der Waals surface area contributed by atoms with Crippen LogP contribution in [0.5, 0.6) is 0 Å². The van der Waals surface area contributed by atoms with Gasteiger partial charge < -0.3 is 16.4 Å². The zero-order chi connectivity index (χ0) is 17.8. The molecule has 4 N–H and O–H groups in total. The molecule has 0 saturated heterocycles. The zero-order valence-electron chi connectivity index (χ0n) is 14.1. The Morgan fingerprint density at radius 3 is 2.38 bits per heavy atom. The Morgan fingerprint density at radius 2 is 1.73 bits per heavy atom. The quantitative estimate of drug-likeness (QED) is 0.731. The van der Waals surface area contributed by atoms with Crippen LogP contribution in [0.2, 0.25) is 5.02 Å². The van der Waals surface area contributed by atoms with E-state index in [0.29, 0.717) is 28.4 Å². The van der Waals surface area contributed by atoms with Crippen LogP contribution in [-0.4, -0.2) is 17.9 Å². The van der Waals surface area contributed by atoms with Gasteiger partial charge in [0.25, 0.3) is 5.91 Å². The molecule has 2 unspecified atom stereocenters. The van der Waals surface area contributed by atoms with Crippen molar-refractivity contribution < 1.29 is 9.59 Å². The molecule has 1 aliphatic carbocycles. The van der Waals surface area contributed by atoms with E-state index in [1.54, 1.807) is 30.3 Å². The van der Waals surface area contributed by atoms with Crippen molar-refractivity contribution in [2.75, 3.05) is 10.6 Å². The number of rotatable bonds is 4. The second kappa shape index (κ2) is 9.03. The van der Waals surface area contributed by atoms with Crippen LogP contribution >= 0.6 is 24.0 Å². The molecule has 0 heterocycles. The van der Waals surface area contributed by atoms with Gasteiger partial charge in [-0.15, -0.1) is 12.4 Å². The summed E-state index contributed by atoms with van der Waals surface area (Å²) in [6, 6.07) is 14.1. The van der Waals surface area contributed by atoms with Crippen molar-refractivity contribution in [3.8, 4) is 0 Å². The molecule has 138 valence electrons. The van der Waals surface area contributed by atoms with E-state index in [1.165, 1.54) is 0 Å². The molecule has 5 nitrogen and oxygen atoms in total. The first-order valence-corrected chi connectivity index (χ1v) is 8.63. The maximum atomic E-state index is 12.4. The van der Waals surface area contributed by atoms with E-state index in [2.05, 4.69) is 10.6 Å². The molecule has 0 radical (unpaired) electrons. The fourth-order valence-electron chi connectivity index (χ4n) is 3.00. The van der Waals surface area contributed by atoms with Crippen molar-refractivity contribution in [1.82, 2.24) is 0 Å². The Labute approximate surface area is 163 Å². The lowest BCUT2D eigenvalue weighted by Crippen LogP contribution is -2.23. The normalized spacial score (nSPS) is 18.7. The minimum atomic E-state index is -0.324. The van der Waals surface area contributed by atoms with E-state index >= 15 is 0 Å². The van der Waals surface area contributed by atoms with Crippen LogP contribution in [0, 0.1) is 5.92 Å². The van der Waals surface area contributed by atoms with Gasteiger partial charge in [0.1, 0.15) is 0 Å². The lowest BCUT2D eigenvalue weighted by molar-refractivity contribution is -0.119. The van der Waals surface area contributed by atoms with Gasteiger partial charge in [-0.05, 0) is 49.6 Å². The molecule has 7 heteroatoms. The van der Waals surface area contributed by atoms with E-state index in [9.17, 15) is 9.59 Å². The molecule has 2 amide bonds. The van der Waals surface area contributed by atoms with Crippen molar-refractivity contribution >= 4 is 47.2 Å². The van der Waals surface area contributed by atoms with Crippen LogP contribution < -0.4 is 16.4 Å². The Balaban J connectivity index is 0.00000243. The Hall–Kier alpha value is -2.08. The van der Waals surface area contributed by atoms with E-state index in [1.807, 2.05) is 18.2 Å². The third kappa shape index (κ3) is 4.97. The minimum Gasteiger partial charge on any atom is -0.328 e. The molecular formula is C19H21Cl2N3O2. The number of amides is 2. The molecule has 26 heavy (non-hydrogen) atoms. The third-order valence-electron chi connectivity index (χ3n) is 4.35. The summed E-state index contributed by atoms with van der Waals surface area (Å²) >= 11 is 6.15. The van der Waals surface area contributed by atoms with Gasteiger partial charge >= 0.3 is 0 Å². The van der Waals surface area contributed by atoms with Crippen molar-refractivity contribution in [2.45, 2.75) is 25.3 Å². The van der Waals surface area contributed by atoms with Gasteiger partial charge in [0, 0.05) is 23.3 Å². The van der Waals surface area contributed by atoms with Crippen LogP contribution in [0.3, 0.4) is 0 Å². The number of nitrogens with one attached hydrogen (secondary N) is 2. The number of benzene rings is 2. The second-order valence-electron chi connectivity index (χ2n) is 6.27. The lowest BCUT2D eigenvalue weighted by atomic mass is 10.1. The summed E-state index contributed by atoms with van der Waals surface area (Å²) in [5.41, 5.74) is 7.40. The fourth-order valence-corrected chi connectivity index (χ4v) is 3.20. The van der Waals surface area contributed by atoms with Gasteiger partial charge in [0.2, 0.25) is 5.91 Å². The summed E-state index contributed by atoms with van der Waals surface area (Å²) in [5, 5.41) is 5.97. The van der Waals surface area contributed by atoms with Gasteiger partial charge in [0.05, 0.1) is 10.6 Å². The first-order valence-electron chi connectivity index (χ1n) is 8.25. The third-order valence-corrected chi connectivity index (χ3v) is 4.68. The topological polar surface area (TPSA) is 84.2 Å². The number of hydrogen-bond acceptors (Lipinski definition) is 3. The number of hydrogen-bond donors (Lipinski definition) is 3. The predicted octanol–water partition coefficient (Wildman–Crippen LogP) is 4.08. The highest BCUT2D eigenvalue weighted by atomic mass is 35.5. The van der Waals surface area contributed by atoms with Crippen molar-refractivity contribution in [1.29, 1.82) is 0 Å². The monoisotopic (exact) mass is 393 g/mol. The number of carbonyl (C=O) groups excluding carboxylic acids is 2. The summed E-state index contributed by atoms with van der Waals surface area (Å²) in [5.74, 6) is -0.466. The highest BCUT2D eigenvalue weighted by Crippen LogP contribution is 2.27. The molecule has 2 aromatic carbocycles. The molecular weight excluding hydrogens is 373 g/mol. The summed E-state index contributed by atoms with van der Waals surface area (Å²) in [7, 11) is 0. The van der Waals surface area contributed by atoms with E-state index in [4.69, 9.17) is 17.3 Å². The summed E-state index contributed by atoms with van der Waals surface area (Å²) in [4.78, 5) is 24.8. The van der Waals surface area contributed by atoms with Crippen molar-refractivity contribution in [3.63, 3.8) is 0 Å². The van der Waals surface area contributed by atoms with Crippen LogP contribution in [0.15, 0.2) is 48.5 Å². The standard InChI is InChI=1S/C19H20ClN3O2.ClH/c20-17-9-8-15(23-18(24)12-6-7-13(21)10-12)11-16(17)19(25)22-14-4-2-1-3-5-14;/h1-5,8-9,11-13H,6-7,10,21H2,(H,22,25)(H,23,24);1H. The van der Waals surface area contributed by atoms with Gasteiger partial charge in [-0.2, -0.15) is 0 Å². The average Bonchev–Trinajstić information content (AvgIpc) is 3.04. The molecule has 2 atom stereocenters. The van der Waals surface area contributed by atoms with Crippen molar-refractivity contribution in [2.24, 2.45) is 11.7 Å². The highest BCUT2D eigenvalue weighted by molar-refractivity contribution is 6.34. The predicted molar refractivity (Wildman–Crippen MR) is 107 cm³/mol. The van der Waals surface area contributed by atoms with Crippen molar-refractivity contribution in [3.05, 3.63) is 59.1 Å². The SMILES string of the molecule is Cl.NC1CCC(C(=O)Nc2ccc(Cl)c(C(=O)Nc3ccccc3)c2)C1. The van der Waals surface area contributed by atoms with Gasteiger partial charge in [-0.3, -0.25) is 9.59 Å². The van der Waals surface area contributed by atoms with Crippen LogP contribution in [0.25, 0.3) is 0 Å². The second-order valence-corrected chi connectivity index (χ2v) is 6.68. The molecule has 0 spiro atoms. The minimum absolute atomic E-state index is 0. The maximum Gasteiger partial charge on any atom is 0.257 e. The number of nitrogens with two attached hydrogens (primary N) is 1. The Bertz CT molecular complexity index is 784. The molecule has 3 rings (SSSR count). The largest absolute Gasteiger partial charge is 0.328 e. The van der Waals surface area contributed by atoms with Gasteiger partial charge in [-0.1, -0.05) is 29.8 Å². The highest BCUT2D eigenvalue weighted by Gasteiger charge is 2.27. The smallest absolute Gasteiger partial charge is 0.257 e. The molecule has 2 aromatic rings. The Morgan fingerprint density at radius 1 is 1.00 bits per heavy atom. The summed E-state index contributed by atoms with van der Waals surface area (Å²) < 4.78 is 0. The first kappa shape index (κ1) is 20.2. The summed E-state index contributed by atoms with van der Waals surface area (Å²) in [6.45, 7) is 0. The molecule has 0 bridgehead atoms. The lowest BCUT2D eigenvalue weighted by Gasteiger charge is -2.13. The zero-order valence-corrected chi connectivity index (χ0v) is 15.6. The van der Waals surface area contributed by atoms with Gasteiger partial charge in [0.15, 0.2) is 0 Å². The van der Waals surface area contributed by atoms with E-state index in [-0.39, 0.29) is 36.2 Å². The van der Waals surface area contributed by atoms with E-state index in [0.717, 1.165) is 12.8 Å². The first-order chi connectivity index (χ1) is 12.0. The fraction of sp³-hybridized carbons (Fsp3) is 0.263. The van der Waals surface area contributed by atoms with Gasteiger partial charge in [-0.25, -0.2) is 0 Å². The van der Waals surface area contributed by atoms with Crippen LogP contribution in [0.4, 0.5) is 11.4 Å². The van der Waals surface area contributed by atoms with Crippen LogP contribution in [-0.2, 0) is 4.79 Å². The number of carbonyl (C=O) groups is 2. The van der Waals surface area contributed by atoms with E-state index < -0.39 is 0 Å². The number of halogens is 2. The molecule has 1 aliphatic rings. The average molecular weight is 394 g/mol. The number of anilines is 2. The Kier molecular flexibility index (Phi) is 7.03. The molecule has 1 saturated carbocycles. The molecule has 0 aliphatic heterocycles.